The van der Waals surface area contributed by atoms with Gasteiger partial charge in [0.15, 0.2) is 0 Å². The Morgan fingerprint density at radius 2 is 1.61 bits per heavy atom. The smallest absolute Gasteiger partial charge is 0.320 e. The third-order valence-electron chi connectivity index (χ3n) is 4.90. The van der Waals surface area contributed by atoms with Crippen molar-refractivity contribution in [3.05, 3.63) is 0 Å². The topological polar surface area (TPSA) is 23.6 Å². The number of hydrogen-bond donors (Lipinski definition) is 0. The molecule has 0 aromatic rings. The second-order valence-corrected chi connectivity index (χ2v) is 6.66. The summed E-state index contributed by atoms with van der Waals surface area (Å²) in [5, 5.41) is 0. The quantitative estimate of drug-likeness (QED) is 0.649. The van der Waals surface area contributed by atoms with E-state index in [9.17, 15) is 4.79 Å². The van der Waals surface area contributed by atoms with Gasteiger partial charge in [0.1, 0.15) is 0 Å². The molecule has 2 saturated heterocycles. The highest BCUT2D eigenvalue weighted by Crippen LogP contribution is 2.28. The van der Waals surface area contributed by atoms with Gasteiger partial charge in [-0.25, -0.2) is 4.79 Å². The first-order valence-electron chi connectivity index (χ1n) is 7.54. The van der Waals surface area contributed by atoms with Gasteiger partial charge in [-0.2, -0.15) is 0 Å². The molecule has 3 unspecified atom stereocenters. The maximum absolute atomic E-state index is 12.6. The Morgan fingerprint density at radius 1 is 1.00 bits per heavy atom. The molecule has 2 heterocycles. The van der Waals surface area contributed by atoms with E-state index in [1.807, 2.05) is 0 Å². The number of likely N-dealkylation sites (tertiary alicyclic amines) is 2. The van der Waals surface area contributed by atoms with Crippen molar-refractivity contribution in [1.29, 1.82) is 0 Å². The summed E-state index contributed by atoms with van der Waals surface area (Å²) in [7, 11) is 0. The second kappa shape index (κ2) is 5.50. The fraction of sp³-hybridized carbons (Fsp3) is 0.933. The number of urea groups is 1. The number of amides is 2. The van der Waals surface area contributed by atoms with Crippen molar-refractivity contribution >= 4 is 6.03 Å². The van der Waals surface area contributed by atoms with Gasteiger partial charge in [0.2, 0.25) is 0 Å². The zero-order chi connectivity index (χ0) is 13.3. The Kier molecular flexibility index (Phi) is 4.18. The molecule has 3 nitrogen and oxygen atoms in total. The van der Waals surface area contributed by atoms with E-state index in [1.165, 1.54) is 19.3 Å². The van der Waals surface area contributed by atoms with E-state index in [2.05, 4.69) is 37.5 Å². The maximum atomic E-state index is 12.6. The first-order valence-corrected chi connectivity index (χ1v) is 7.54. The molecule has 3 heteroatoms. The first kappa shape index (κ1) is 13.7. The van der Waals surface area contributed by atoms with E-state index < -0.39 is 0 Å². The van der Waals surface area contributed by atoms with Crippen LogP contribution in [0.1, 0.15) is 47.0 Å². The molecule has 0 aliphatic carbocycles. The van der Waals surface area contributed by atoms with Crippen LogP contribution in [0.3, 0.4) is 0 Å². The third kappa shape index (κ3) is 2.81. The number of nitrogens with zero attached hydrogens (tertiary/aromatic N) is 2. The van der Waals surface area contributed by atoms with Gasteiger partial charge in [-0.1, -0.05) is 20.8 Å². The van der Waals surface area contributed by atoms with Crippen molar-refractivity contribution in [3.8, 4) is 0 Å². The molecule has 0 radical (unpaired) electrons. The summed E-state index contributed by atoms with van der Waals surface area (Å²) in [6.07, 6.45) is 3.58. The number of hydrogen-bond acceptors (Lipinski definition) is 1. The van der Waals surface area contributed by atoms with Crippen LogP contribution in [0.15, 0.2) is 0 Å². The van der Waals surface area contributed by atoms with E-state index >= 15 is 0 Å². The molecule has 2 fully saturated rings. The average Bonchev–Trinajstić information content (AvgIpc) is 2.34. The molecule has 2 aliphatic heterocycles. The minimum Gasteiger partial charge on any atom is -0.325 e. The lowest BCUT2D eigenvalue weighted by Gasteiger charge is -2.44. The lowest BCUT2D eigenvalue weighted by atomic mass is 9.86. The van der Waals surface area contributed by atoms with Gasteiger partial charge in [0, 0.05) is 25.7 Å². The second-order valence-electron chi connectivity index (χ2n) is 6.66. The summed E-state index contributed by atoms with van der Waals surface area (Å²) in [5.74, 6) is 2.05. The van der Waals surface area contributed by atoms with E-state index in [1.54, 1.807) is 0 Å². The van der Waals surface area contributed by atoms with Crippen molar-refractivity contribution in [2.45, 2.75) is 53.0 Å². The molecule has 0 aromatic heterocycles. The highest BCUT2D eigenvalue weighted by molar-refractivity contribution is 5.75. The van der Waals surface area contributed by atoms with Crippen LogP contribution in [-0.2, 0) is 0 Å². The lowest BCUT2D eigenvalue weighted by molar-refractivity contribution is 0.0705. The van der Waals surface area contributed by atoms with E-state index in [0.29, 0.717) is 17.9 Å². The summed E-state index contributed by atoms with van der Waals surface area (Å²) < 4.78 is 0. The Morgan fingerprint density at radius 3 is 2.22 bits per heavy atom. The molecule has 0 spiro atoms. The van der Waals surface area contributed by atoms with Crippen LogP contribution in [0.25, 0.3) is 0 Å². The van der Waals surface area contributed by atoms with Crippen LogP contribution in [0.2, 0.25) is 0 Å². The highest BCUT2D eigenvalue weighted by Gasteiger charge is 2.34. The van der Waals surface area contributed by atoms with Gasteiger partial charge < -0.3 is 9.80 Å². The fourth-order valence-electron chi connectivity index (χ4n) is 3.35. The van der Waals surface area contributed by atoms with Crippen molar-refractivity contribution in [2.24, 2.45) is 17.8 Å². The zero-order valence-electron chi connectivity index (χ0n) is 12.4. The van der Waals surface area contributed by atoms with Crippen LogP contribution in [0.5, 0.6) is 0 Å². The van der Waals surface area contributed by atoms with Crippen molar-refractivity contribution in [3.63, 3.8) is 0 Å². The zero-order valence-corrected chi connectivity index (χ0v) is 12.4. The van der Waals surface area contributed by atoms with Crippen LogP contribution in [-0.4, -0.2) is 41.5 Å². The van der Waals surface area contributed by atoms with Gasteiger partial charge in [-0.3, -0.25) is 0 Å². The van der Waals surface area contributed by atoms with Crippen molar-refractivity contribution < 1.29 is 4.79 Å². The van der Waals surface area contributed by atoms with Gasteiger partial charge in [-0.05, 0) is 43.9 Å². The minimum atomic E-state index is 0.285. The van der Waals surface area contributed by atoms with Crippen LogP contribution in [0.4, 0.5) is 4.79 Å². The number of piperidine rings is 2. The van der Waals surface area contributed by atoms with Gasteiger partial charge in [0.25, 0.3) is 0 Å². The molecule has 0 bridgehead atoms. The average molecular weight is 252 g/mol. The SMILES string of the molecule is CC1CCN(C(=O)N2CC(C)CC(C)C2C)CC1. The largest absolute Gasteiger partial charge is 0.325 e. The summed E-state index contributed by atoms with van der Waals surface area (Å²) in [6, 6.07) is 0.681. The van der Waals surface area contributed by atoms with E-state index in [-0.39, 0.29) is 6.03 Å². The molecular weight excluding hydrogens is 224 g/mol. The van der Waals surface area contributed by atoms with E-state index in [0.717, 1.165) is 25.6 Å². The maximum Gasteiger partial charge on any atom is 0.320 e. The molecule has 2 amide bonds. The van der Waals surface area contributed by atoms with Crippen molar-refractivity contribution in [1.82, 2.24) is 9.80 Å². The molecule has 2 rings (SSSR count). The van der Waals surface area contributed by atoms with Crippen molar-refractivity contribution in [2.75, 3.05) is 19.6 Å². The number of rotatable bonds is 0. The summed E-state index contributed by atoms with van der Waals surface area (Å²) >= 11 is 0. The lowest BCUT2D eigenvalue weighted by Crippen LogP contribution is -2.54. The summed E-state index contributed by atoms with van der Waals surface area (Å²) in [5.41, 5.74) is 0. The van der Waals surface area contributed by atoms with E-state index in [4.69, 9.17) is 0 Å². The fourth-order valence-corrected chi connectivity index (χ4v) is 3.35. The molecule has 2 aliphatic rings. The third-order valence-corrected chi connectivity index (χ3v) is 4.90. The predicted octanol–water partition coefficient (Wildman–Crippen LogP) is 3.20. The molecule has 0 saturated carbocycles. The predicted molar refractivity (Wildman–Crippen MR) is 74.5 cm³/mol. The molecule has 0 N–H and O–H groups in total. The Balaban J connectivity index is 1.99. The normalized spacial score (nSPS) is 34.8. The Labute approximate surface area is 112 Å². The Bertz CT molecular complexity index is 297. The monoisotopic (exact) mass is 252 g/mol. The van der Waals surface area contributed by atoms with Gasteiger partial charge >= 0.3 is 6.03 Å². The molecule has 3 atom stereocenters. The Hall–Kier alpha value is -0.730. The van der Waals surface area contributed by atoms with Crippen LogP contribution < -0.4 is 0 Å². The van der Waals surface area contributed by atoms with Crippen LogP contribution in [0, 0.1) is 17.8 Å². The van der Waals surface area contributed by atoms with Gasteiger partial charge in [0.05, 0.1) is 0 Å². The molecule has 104 valence electrons. The number of carbonyl (C=O) groups is 1. The summed E-state index contributed by atoms with van der Waals surface area (Å²) in [6.45, 7) is 11.9. The van der Waals surface area contributed by atoms with Crippen LogP contribution >= 0.6 is 0 Å². The first-order chi connectivity index (χ1) is 8.49. The molecule has 18 heavy (non-hydrogen) atoms. The highest BCUT2D eigenvalue weighted by atomic mass is 16.2. The number of carbonyl (C=O) groups excluding carboxylic acids is 1. The molecular formula is C15H28N2O. The summed E-state index contributed by atoms with van der Waals surface area (Å²) in [4.78, 5) is 16.8. The standard InChI is InChI=1S/C15H28N2O/c1-11-5-7-16(8-6-11)15(18)17-10-12(2)9-13(3)14(17)4/h11-14H,5-10H2,1-4H3. The minimum absolute atomic E-state index is 0.285. The van der Waals surface area contributed by atoms with Gasteiger partial charge in [-0.15, -0.1) is 0 Å². The molecule has 0 aromatic carbocycles.